The second-order valence-electron chi connectivity index (χ2n) is 11.3. The van der Waals surface area contributed by atoms with E-state index in [0.29, 0.717) is 30.0 Å². The van der Waals surface area contributed by atoms with Gasteiger partial charge in [0.1, 0.15) is 0 Å². The molecule has 5 aromatic rings. The van der Waals surface area contributed by atoms with Crippen LogP contribution in [0.4, 0.5) is 5.69 Å². The fourth-order valence-corrected chi connectivity index (χ4v) is 6.86. The van der Waals surface area contributed by atoms with E-state index in [1.54, 1.807) is 17.2 Å². The van der Waals surface area contributed by atoms with Crippen LogP contribution in [0.5, 0.6) is 11.5 Å². The van der Waals surface area contributed by atoms with Crippen molar-refractivity contribution in [3.8, 4) is 11.5 Å². The first kappa shape index (κ1) is 26.3. The molecule has 5 aromatic carbocycles. The van der Waals surface area contributed by atoms with Gasteiger partial charge in [-0.3, -0.25) is 19.5 Å². The van der Waals surface area contributed by atoms with Crippen molar-refractivity contribution in [2.24, 2.45) is 5.73 Å². The Kier molecular flexibility index (Phi) is 6.50. The maximum Gasteiger partial charge on any atom is 0.256 e. The van der Waals surface area contributed by atoms with Crippen LogP contribution in [-0.2, 0) is 11.3 Å². The number of ether oxygens (including phenoxy) is 1. The SMILES string of the molecule is COc1cc2c(cc1O)N(OCCCCc1ccc3c(C(N)=O)cc4cccc5ccc1c3c54)CC1CCCN1C2=O. The number of aromatic hydroxyl groups is 1. The number of anilines is 1. The summed E-state index contributed by atoms with van der Waals surface area (Å²) in [6.45, 7) is 1.76. The lowest BCUT2D eigenvalue weighted by atomic mass is 9.88. The molecule has 2 heterocycles. The molecule has 42 heavy (non-hydrogen) atoms. The number of methoxy groups -OCH3 is 1. The number of hydrogen-bond acceptors (Lipinski definition) is 6. The van der Waals surface area contributed by atoms with Crippen molar-refractivity contribution in [2.45, 2.75) is 38.1 Å². The van der Waals surface area contributed by atoms with Gasteiger partial charge in [-0.25, -0.2) is 0 Å². The first-order valence-corrected chi connectivity index (χ1v) is 14.6. The van der Waals surface area contributed by atoms with E-state index in [9.17, 15) is 14.7 Å². The predicted octanol–water partition coefficient (Wildman–Crippen LogP) is 5.78. The quantitative estimate of drug-likeness (QED) is 0.183. The second kappa shape index (κ2) is 10.4. The van der Waals surface area contributed by atoms with Crippen LogP contribution in [0.3, 0.4) is 0 Å². The summed E-state index contributed by atoms with van der Waals surface area (Å²) >= 11 is 0. The van der Waals surface area contributed by atoms with E-state index in [2.05, 4.69) is 24.3 Å². The van der Waals surface area contributed by atoms with E-state index >= 15 is 0 Å². The Bertz CT molecular complexity index is 1850. The first-order chi connectivity index (χ1) is 20.4. The molecule has 3 N–H and O–H groups in total. The molecule has 214 valence electrons. The molecule has 0 saturated carbocycles. The van der Waals surface area contributed by atoms with Gasteiger partial charge in [-0.15, -0.1) is 0 Å². The number of primary amides is 1. The monoisotopic (exact) mass is 563 g/mol. The Morgan fingerprint density at radius 3 is 2.69 bits per heavy atom. The molecule has 0 aliphatic carbocycles. The number of hydrogen-bond donors (Lipinski definition) is 2. The van der Waals surface area contributed by atoms with Gasteiger partial charge < -0.3 is 20.5 Å². The lowest BCUT2D eigenvalue weighted by Crippen LogP contribution is -2.40. The molecule has 1 atom stereocenters. The lowest BCUT2D eigenvalue weighted by Gasteiger charge is -2.27. The van der Waals surface area contributed by atoms with E-state index in [-0.39, 0.29) is 23.4 Å². The number of fused-ring (bicyclic) bond motifs is 2. The zero-order valence-electron chi connectivity index (χ0n) is 23.6. The summed E-state index contributed by atoms with van der Waals surface area (Å²) in [5, 5.41) is 18.7. The summed E-state index contributed by atoms with van der Waals surface area (Å²) in [7, 11) is 1.48. The number of carbonyl (C=O) groups excluding carboxylic acids is 2. The van der Waals surface area contributed by atoms with Crippen LogP contribution in [0, 0.1) is 0 Å². The molecule has 1 saturated heterocycles. The molecule has 2 aliphatic heterocycles. The van der Waals surface area contributed by atoms with Crippen LogP contribution < -0.4 is 15.5 Å². The van der Waals surface area contributed by atoms with E-state index in [4.69, 9.17) is 15.3 Å². The molecule has 2 aliphatic rings. The highest BCUT2D eigenvalue weighted by atomic mass is 16.7. The van der Waals surface area contributed by atoms with E-state index in [1.807, 2.05) is 29.2 Å². The number of phenolic OH excluding ortho intramolecular Hbond substituents is 1. The Morgan fingerprint density at radius 1 is 1.02 bits per heavy atom. The molecule has 0 bridgehead atoms. The number of aryl methyl sites for hydroxylation is 1. The molecular weight excluding hydrogens is 530 g/mol. The number of carbonyl (C=O) groups is 2. The molecule has 1 unspecified atom stereocenters. The van der Waals surface area contributed by atoms with Gasteiger partial charge in [0.2, 0.25) is 5.91 Å². The Labute approximate surface area is 243 Å². The molecule has 0 radical (unpaired) electrons. The number of nitrogens with two attached hydrogens (primary N) is 1. The number of phenols is 1. The largest absolute Gasteiger partial charge is 0.504 e. The Morgan fingerprint density at radius 2 is 1.86 bits per heavy atom. The normalized spacial score (nSPS) is 16.8. The third-order valence-corrected chi connectivity index (χ3v) is 8.90. The predicted molar refractivity (Wildman–Crippen MR) is 164 cm³/mol. The van der Waals surface area contributed by atoms with Crippen molar-refractivity contribution < 1.29 is 24.3 Å². The van der Waals surface area contributed by atoms with E-state index in [1.165, 1.54) is 12.7 Å². The molecular formula is C34H33N3O5. The van der Waals surface area contributed by atoms with Gasteiger partial charge in [-0.2, -0.15) is 0 Å². The first-order valence-electron chi connectivity index (χ1n) is 14.6. The summed E-state index contributed by atoms with van der Waals surface area (Å²) in [6, 6.07) is 19.7. The van der Waals surface area contributed by atoms with Crippen LogP contribution in [0.25, 0.3) is 32.3 Å². The summed E-state index contributed by atoms with van der Waals surface area (Å²) in [5.74, 6) is -0.216. The van der Waals surface area contributed by atoms with Gasteiger partial charge >= 0.3 is 0 Å². The van der Waals surface area contributed by atoms with Gasteiger partial charge in [0.05, 0.1) is 37.6 Å². The minimum Gasteiger partial charge on any atom is -0.504 e. The van der Waals surface area contributed by atoms with Crippen molar-refractivity contribution in [1.29, 1.82) is 0 Å². The lowest BCUT2D eigenvalue weighted by molar-refractivity contribution is 0.0703. The van der Waals surface area contributed by atoms with Crippen LogP contribution in [-0.4, -0.2) is 54.7 Å². The van der Waals surface area contributed by atoms with Crippen molar-refractivity contribution in [3.05, 3.63) is 77.4 Å². The van der Waals surface area contributed by atoms with Gasteiger partial charge in [-0.1, -0.05) is 42.5 Å². The number of unbranched alkanes of at least 4 members (excludes halogenated alkanes) is 1. The number of nitrogens with zero attached hydrogens (tertiary/aromatic N) is 2. The molecule has 8 heteroatoms. The fourth-order valence-electron chi connectivity index (χ4n) is 6.86. The fraction of sp³-hybridized carbons (Fsp3) is 0.294. The summed E-state index contributed by atoms with van der Waals surface area (Å²) in [4.78, 5) is 33.9. The summed E-state index contributed by atoms with van der Waals surface area (Å²) in [6.07, 6.45) is 4.46. The summed E-state index contributed by atoms with van der Waals surface area (Å²) < 4.78 is 5.29. The third kappa shape index (κ3) is 4.25. The Balaban J connectivity index is 1.10. The highest BCUT2D eigenvalue weighted by molar-refractivity contribution is 6.27. The second-order valence-corrected chi connectivity index (χ2v) is 11.3. The van der Waals surface area contributed by atoms with Crippen molar-refractivity contribution in [1.82, 2.24) is 4.90 Å². The number of benzene rings is 5. The molecule has 1 fully saturated rings. The average Bonchev–Trinajstić information content (AvgIpc) is 3.43. The average molecular weight is 564 g/mol. The zero-order valence-corrected chi connectivity index (χ0v) is 23.6. The van der Waals surface area contributed by atoms with Gasteiger partial charge in [0.25, 0.3) is 5.91 Å². The molecule has 0 spiro atoms. The van der Waals surface area contributed by atoms with Crippen molar-refractivity contribution in [3.63, 3.8) is 0 Å². The molecule has 0 aromatic heterocycles. The molecule has 7 rings (SSSR count). The summed E-state index contributed by atoms with van der Waals surface area (Å²) in [5.41, 5.74) is 8.60. The van der Waals surface area contributed by atoms with E-state index < -0.39 is 5.91 Å². The highest BCUT2D eigenvalue weighted by Crippen LogP contribution is 2.40. The number of rotatable bonds is 8. The van der Waals surface area contributed by atoms with Crippen molar-refractivity contribution in [2.75, 3.05) is 31.9 Å². The molecule has 8 nitrogen and oxygen atoms in total. The highest BCUT2D eigenvalue weighted by Gasteiger charge is 2.37. The van der Waals surface area contributed by atoms with Crippen LogP contribution in [0.2, 0.25) is 0 Å². The van der Waals surface area contributed by atoms with E-state index in [0.717, 1.165) is 71.0 Å². The number of hydroxylamine groups is 1. The standard InChI is InChI=1S/C34H33N3O5/c1-41-30-17-27-28(18-29(30)38)37(19-23-9-5-14-36(23)34(27)40)42-15-3-2-6-20-10-13-25-26(33(35)39)16-22-8-4-7-21-11-12-24(20)32(25)31(21)22/h4,7-8,10-13,16-18,23,38H,2-3,5-6,9,14-15,19H2,1H3,(H2,35,39). The Hall–Kier alpha value is -4.56. The van der Waals surface area contributed by atoms with Gasteiger partial charge in [0.15, 0.2) is 11.5 Å². The van der Waals surface area contributed by atoms with Crippen molar-refractivity contribution >= 4 is 49.8 Å². The topological polar surface area (TPSA) is 105 Å². The van der Waals surface area contributed by atoms with Crippen LogP contribution >= 0.6 is 0 Å². The smallest absolute Gasteiger partial charge is 0.256 e. The minimum absolute atomic E-state index is 0.0202. The van der Waals surface area contributed by atoms with Gasteiger partial charge in [-0.05, 0) is 82.1 Å². The maximum absolute atomic E-state index is 13.3. The zero-order chi connectivity index (χ0) is 29.0. The van der Waals surface area contributed by atoms with Crippen LogP contribution in [0.15, 0.2) is 60.7 Å². The number of amides is 2. The van der Waals surface area contributed by atoms with Gasteiger partial charge in [0, 0.05) is 18.2 Å². The van der Waals surface area contributed by atoms with Crippen LogP contribution in [0.1, 0.15) is 52.0 Å². The molecule has 2 amide bonds. The third-order valence-electron chi connectivity index (χ3n) is 8.90. The maximum atomic E-state index is 13.3. The minimum atomic E-state index is -0.419.